The number of anilines is 1. The summed E-state index contributed by atoms with van der Waals surface area (Å²) in [6, 6.07) is 10.0. The van der Waals surface area contributed by atoms with E-state index < -0.39 is 11.7 Å². The lowest BCUT2D eigenvalue weighted by molar-refractivity contribution is -0.0360. The number of aliphatic hydroxyl groups excluding tert-OH is 1. The van der Waals surface area contributed by atoms with Gasteiger partial charge in [0, 0.05) is 18.7 Å². The van der Waals surface area contributed by atoms with Crippen molar-refractivity contribution in [1.29, 1.82) is 5.26 Å². The van der Waals surface area contributed by atoms with Crippen LogP contribution in [0.25, 0.3) is 11.3 Å². The van der Waals surface area contributed by atoms with Crippen molar-refractivity contribution < 1.29 is 14.6 Å². The number of piperidine rings is 1. The molecule has 3 fully saturated rings. The predicted molar refractivity (Wildman–Crippen MR) is 132 cm³/mol. The molecule has 5 rings (SSSR count). The molecular weight excluding hydrogens is 442 g/mol. The molecule has 0 bridgehead atoms. The van der Waals surface area contributed by atoms with Gasteiger partial charge in [0.05, 0.1) is 12.1 Å². The van der Waals surface area contributed by atoms with Gasteiger partial charge in [0.1, 0.15) is 28.7 Å². The van der Waals surface area contributed by atoms with Crippen LogP contribution in [0.2, 0.25) is 0 Å². The van der Waals surface area contributed by atoms with Crippen molar-refractivity contribution in [3.63, 3.8) is 0 Å². The topological polar surface area (TPSA) is 117 Å². The molecule has 3 aliphatic rings. The standard InChI is InChI=1S/C27H35N5O3/c1-26(2,3)35-25(34)31-12-4-11-27(16-31)13-20(14-27)32-24(29)21(15-28)22(30-32)17-5-7-18(8-6-17)23(33)19-9-10-19/h5-8,19-20,23,33H,4,9-14,16,29H2,1-3H3. The van der Waals surface area contributed by atoms with Gasteiger partial charge in [-0.2, -0.15) is 10.4 Å². The number of ether oxygens (including phenoxy) is 1. The summed E-state index contributed by atoms with van der Waals surface area (Å²) in [5, 5.41) is 25.0. The molecule has 8 heteroatoms. The van der Waals surface area contributed by atoms with Crippen molar-refractivity contribution in [2.24, 2.45) is 11.3 Å². The number of benzene rings is 1. The van der Waals surface area contributed by atoms with Crippen LogP contribution in [0.1, 0.15) is 82.6 Å². The van der Waals surface area contributed by atoms with E-state index in [1.54, 1.807) is 4.68 Å². The molecule has 8 nitrogen and oxygen atoms in total. The number of nitrogens with two attached hydrogens (primary N) is 1. The van der Waals surface area contributed by atoms with Crippen LogP contribution in [-0.2, 0) is 4.74 Å². The molecule has 1 aromatic heterocycles. The van der Waals surface area contributed by atoms with Crippen LogP contribution < -0.4 is 5.73 Å². The molecular formula is C27H35N5O3. The molecule has 1 amide bonds. The SMILES string of the molecule is CC(C)(C)OC(=O)N1CCCC2(CC(n3nc(-c4ccc(C(O)C5CC5)cc4)c(C#N)c3N)C2)C1. The Kier molecular flexibility index (Phi) is 5.79. The summed E-state index contributed by atoms with van der Waals surface area (Å²) in [6.07, 6.45) is 5.22. The average molecular weight is 478 g/mol. The lowest BCUT2D eigenvalue weighted by Gasteiger charge is -2.52. The molecule has 1 saturated heterocycles. The summed E-state index contributed by atoms with van der Waals surface area (Å²) >= 11 is 0. The molecule has 2 aliphatic carbocycles. The summed E-state index contributed by atoms with van der Waals surface area (Å²) < 4.78 is 7.39. The summed E-state index contributed by atoms with van der Waals surface area (Å²) in [6.45, 7) is 7.06. The number of hydrogen-bond acceptors (Lipinski definition) is 6. The summed E-state index contributed by atoms with van der Waals surface area (Å²) in [5.41, 5.74) is 8.63. The number of likely N-dealkylation sites (tertiary alicyclic amines) is 1. The fourth-order valence-corrected chi connectivity index (χ4v) is 5.70. The normalized spacial score (nSPS) is 25.1. The monoisotopic (exact) mass is 477 g/mol. The number of amides is 1. The zero-order valence-corrected chi connectivity index (χ0v) is 20.8. The Morgan fingerprint density at radius 2 is 1.97 bits per heavy atom. The molecule has 2 saturated carbocycles. The minimum atomic E-state index is -0.508. The number of hydrogen-bond donors (Lipinski definition) is 2. The lowest BCUT2D eigenvalue weighted by atomic mass is 9.61. The summed E-state index contributed by atoms with van der Waals surface area (Å²) in [4.78, 5) is 14.4. The second-order valence-corrected chi connectivity index (χ2v) is 11.6. The Bertz CT molecular complexity index is 1150. The Morgan fingerprint density at radius 1 is 1.29 bits per heavy atom. The van der Waals surface area contributed by atoms with E-state index in [4.69, 9.17) is 15.6 Å². The van der Waals surface area contributed by atoms with Gasteiger partial charge in [-0.3, -0.25) is 0 Å². The quantitative estimate of drug-likeness (QED) is 0.653. The minimum Gasteiger partial charge on any atom is -0.444 e. The number of nitriles is 1. The van der Waals surface area contributed by atoms with Gasteiger partial charge in [-0.05, 0) is 76.2 Å². The van der Waals surface area contributed by atoms with Gasteiger partial charge in [-0.25, -0.2) is 9.48 Å². The van der Waals surface area contributed by atoms with E-state index in [0.29, 0.717) is 29.5 Å². The molecule has 2 heterocycles. The number of aromatic nitrogens is 2. The van der Waals surface area contributed by atoms with Crippen LogP contribution in [0.3, 0.4) is 0 Å². The fraction of sp³-hybridized carbons (Fsp3) is 0.593. The van der Waals surface area contributed by atoms with Gasteiger partial charge in [-0.1, -0.05) is 24.3 Å². The number of carbonyl (C=O) groups is 1. The zero-order chi connectivity index (χ0) is 25.0. The molecule has 1 aromatic carbocycles. The van der Waals surface area contributed by atoms with Crippen molar-refractivity contribution in [2.75, 3.05) is 18.8 Å². The highest BCUT2D eigenvalue weighted by Gasteiger charge is 2.49. The molecule has 1 unspecified atom stereocenters. The summed E-state index contributed by atoms with van der Waals surface area (Å²) in [7, 11) is 0. The maximum Gasteiger partial charge on any atom is 0.410 e. The van der Waals surface area contributed by atoms with E-state index in [0.717, 1.165) is 56.2 Å². The highest BCUT2D eigenvalue weighted by atomic mass is 16.6. The number of nitrogens with zero attached hydrogens (tertiary/aromatic N) is 4. The first kappa shape index (κ1) is 23.7. The molecule has 2 aromatic rings. The van der Waals surface area contributed by atoms with Crippen LogP contribution >= 0.6 is 0 Å². The first-order valence-electron chi connectivity index (χ1n) is 12.6. The highest BCUT2D eigenvalue weighted by Crippen LogP contribution is 2.54. The van der Waals surface area contributed by atoms with Crippen molar-refractivity contribution in [3.05, 3.63) is 35.4 Å². The van der Waals surface area contributed by atoms with Crippen LogP contribution in [0.5, 0.6) is 0 Å². The summed E-state index contributed by atoms with van der Waals surface area (Å²) in [5.74, 6) is 0.756. The Hall–Kier alpha value is -3.05. The van der Waals surface area contributed by atoms with Gasteiger partial charge in [0.15, 0.2) is 0 Å². The lowest BCUT2D eigenvalue weighted by Crippen LogP contribution is -2.53. The maximum absolute atomic E-state index is 12.6. The highest BCUT2D eigenvalue weighted by molar-refractivity contribution is 5.73. The molecule has 186 valence electrons. The van der Waals surface area contributed by atoms with Gasteiger partial charge in [0.25, 0.3) is 0 Å². The maximum atomic E-state index is 12.6. The first-order valence-corrected chi connectivity index (χ1v) is 12.6. The average Bonchev–Trinajstić information content (AvgIpc) is 3.59. The molecule has 3 N–H and O–H groups in total. The van der Waals surface area contributed by atoms with Crippen LogP contribution in [0.4, 0.5) is 10.6 Å². The first-order chi connectivity index (χ1) is 16.6. The predicted octanol–water partition coefficient (Wildman–Crippen LogP) is 4.80. The number of rotatable bonds is 4. The minimum absolute atomic E-state index is 0.0474. The number of carbonyl (C=O) groups excluding carboxylic acids is 1. The molecule has 0 radical (unpaired) electrons. The van der Waals surface area contributed by atoms with Crippen LogP contribution in [0, 0.1) is 22.7 Å². The van der Waals surface area contributed by atoms with Crippen molar-refractivity contribution >= 4 is 11.9 Å². The van der Waals surface area contributed by atoms with Gasteiger partial charge < -0.3 is 20.5 Å². The van der Waals surface area contributed by atoms with E-state index in [2.05, 4.69) is 6.07 Å². The van der Waals surface area contributed by atoms with Crippen molar-refractivity contribution in [3.8, 4) is 17.3 Å². The third-order valence-corrected chi connectivity index (χ3v) is 7.65. The van der Waals surface area contributed by atoms with E-state index in [1.165, 1.54) is 0 Å². The van der Waals surface area contributed by atoms with Gasteiger partial charge in [-0.15, -0.1) is 0 Å². The van der Waals surface area contributed by atoms with Crippen molar-refractivity contribution in [2.45, 2.75) is 77.0 Å². The molecule has 35 heavy (non-hydrogen) atoms. The third-order valence-electron chi connectivity index (χ3n) is 7.65. The van der Waals surface area contributed by atoms with Crippen LogP contribution in [0.15, 0.2) is 24.3 Å². The molecule has 1 spiro atoms. The van der Waals surface area contributed by atoms with Crippen LogP contribution in [-0.4, -0.2) is 44.6 Å². The second kappa shape index (κ2) is 8.56. The Balaban J connectivity index is 1.30. The van der Waals surface area contributed by atoms with Crippen molar-refractivity contribution in [1.82, 2.24) is 14.7 Å². The van der Waals surface area contributed by atoms with E-state index in [-0.39, 0.29) is 17.6 Å². The smallest absolute Gasteiger partial charge is 0.410 e. The van der Waals surface area contributed by atoms with Gasteiger partial charge >= 0.3 is 6.09 Å². The third kappa shape index (κ3) is 4.62. The molecule has 1 atom stereocenters. The fourth-order valence-electron chi connectivity index (χ4n) is 5.70. The van der Waals surface area contributed by atoms with E-state index >= 15 is 0 Å². The largest absolute Gasteiger partial charge is 0.444 e. The Labute approximate surface area is 206 Å². The van der Waals surface area contributed by atoms with E-state index in [9.17, 15) is 15.2 Å². The zero-order valence-electron chi connectivity index (χ0n) is 20.8. The van der Waals surface area contributed by atoms with E-state index in [1.807, 2.05) is 49.9 Å². The number of nitrogen functional groups attached to an aromatic ring is 1. The molecule has 1 aliphatic heterocycles. The number of aliphatic hydroxyl groups is 1. The Morgan fingerprint density at radius 3 is 2.57 bits per heavy atom. The second-order valence-electron chi connectivity index (χ2n) is 11.6. The van der Waals surface area contributed by atoms with Gasteiger partial charge in [0.2, 0.25) is 0 Å².